The highest BCUT2D eigenvalue weighted by atomic mass is 32.2. The van der Waals surface area contributed by atoms with Gasteiger partial charge in [-0.15, -0.1) is 0 Å². The van der Waals surface area contributed by atoms with Crippen LogP contribution in [-0.4, -0.2) is 63.4 Å². The van der Waals surface area contributed by atoms with Crippen LogP contribution in [0.1, 0.15) is 18.9 Å². The minimum Gasteiger partial charge on any atom is -0.493 e. The van der Waals surface area contributed by atoms with Crippen LogP contribution in [-0.2, 0) is 26.0 Å². The van der Waals surface area contributed by atoms with E-state index in [1.54, 1.807) is 25.3 Å². The van der Waals surface area contributed by atoms with Gasteiger partial charge in [-0.3, -0.25) is 9.59 Å². The van der Waals surface area contributed by atoms with Crippen molar-refractivity contribution in [2.75, 3.05) is 32.3 Å². The normalized spacial score (nSPS) is 18.2. The molecule has 26 heavy (non-hydrogen) atoms. The molecule has 1 unspecified atom stereocenters. The molecule has 2 rings (SSSR count). The third-order valence-electron chi connectivity index (χ3n) is 4.31. The summed E-state index contributed by atoms with van der Waals surface area (Å²) in [6.07, 6.45) is 0.366. The van der Waals surface area contributed by atoms with Gasteiger partial charge in [0.25, 0.3) is 0 Å². The lowest BCUT2D eigenvalue weighted by Gasteiger charge is -2.26. The van der Waals surface area contributed by atoms with Crippen molar-refractivity contribution >= 4 is 21.7 Å². The van der Waals surface area contributed by atoms with Gasteiger partial charge in [0.2, 0.25) is 11.8 Å². The van der Waals surface area contributed by atoms with E-state index < -0.39 is 15.9 Å². The van der Waals surface area contributed by atoms with E-state index in [1.165, 1.54) is 18.9 Å². The standard InChI is InChI=1S/C17H24N2O6S/c1-12(20)19(14-6-7-26(22,23)11-14)10-17(21)18-9-13-4-5-15(24-2)16(8-13)25-3/h4-5,8,14H,6-7,9-11H2,1-3H3,(H,18,21). The molecular weight excluding hydrogens is 360 g/mol. The molecule has 1 fully saturated rings. The Balaban J connectivity index is 1.95. The molecule has 0 bridgehead atoms. The molecular formula is C17H24N2O6S. The van der Waals surface area contributed by atoms with Crippen molar-refractivity contribution < 1.29 is 27.5 Å². The summed E-state index contributed by atoms with van der Waals surface area (Å²) in [6.45, 7) is 1.43. The molecule has 1 heterocycles. The van der Waals surface area contributed by atoms with Crippen molar-refractivity contribution in [1.82, 2.24) is 10.2 Å². The van der Waals surface area contributed by atoms with Crippen LogP contribution in [0.4, 0.5) is 0 Å². The van der Waals surface area contributed by atoms with Gasteiger partial charge in [-0.25, -0.2) is 8.42 Å². The SMILES string of the molecule is COc1ccc(CNC(=O)CN(C(C)=O)C2CCS(=O)(=O)C2)cc1OC. The van der Waals surface area contributed by atoms with E-state index in [2.05, 4.69) is 5.32 Å². The predicted molar refractivity (Wildman–Crippen MR) is 95.8 cm³/mol. The summed E-state index contributed by atoms with van der Waals surface area (Å²) in [6, 6.07) is 4.86. The largest absolute Gasteiger partial charge is 0.493 e. The van der Waals surface area contributed by atoms with Gasteiger partial charge in [0.1, 0.15) is 0 Å². The van der Waals surface area contributed by atoms with Crippen molar-refractivity contribution in [1.29, 1.82) is 0 Å². The number of amides is 2. The number of benzene rings is 1. The number of carbonyl (C=O) groups excluding carboxylic acids is 2. The second-order valence-electron chi connectivity index (χ2n) is 6.17. The molecule has 1 saturated heterocycles. The average Bonchev–Trinajstić information content (AvgIpc) is 2.96. The molecule has 1 aromatic carbocycles. The Morgan fingerprint density at radius 3 is 2.46 bits per heavy atom. The first-order valence-electron chi connectivity index (χ1n) is 8.21. The average molecular weight is 384 g/mol. The highest BCUT2D eigenvalue weighted by Crippen LogP contribution is 2.27. The second-order valence-corrected chi connectivity index (χ2v) is 8.40. The molecule has 0 aliphatic carbocycles. The summed E-state index contributed by atoms with van der Waals surface area (Å²) < 4.78 is 33.6. The Bertz CT molecular complexity index is 777. The van der Waals surface area contributed by atoms with E-state index in [0.717, 1.165) is 5.56 Å². The van der Waals surface area contributed by atoms with Crippen LogP contribution in [0.2, 0.25) is 0 Å². The van der Waals surface area contributed by atoms with Gasteiger partial charge in [-0.05, 0) is 24.1 Å². The third kappa shape index (κ3) is 5.10. The van der Waals surface area contributed by atoms with Crippen LogP contribution in [0, 0.1) is 0 Å². The molecule has 0 aromatic heterocycles. The van der Waals surface area contributed by atoms with Gasteiger partial charge in [0.05, 0.1) is 32.3 Å². The van der Waals surface area contributed by atoms with Gasteiger partial charge < -0.3 is 19.7 Å². The van der Waals surface area contributed by atoms with Crippen molar-refractivity contribution in [3.05, 3.63) is 23.8 Å². The Morgan fingerprint density at radius 1 is 1.23 bits per heavy atom. The zero-order chi connectivity index (χ0) is 19.3. The molecule has 0 radical (unpaired) electrons. The van der Waals surface area contributed by atoms with Crippen LogP contribution in [0.25, 0.3) is 0 Å². The number of hydrogen-bond donors (Lipinski definition) is 1. The van der Waals surface area contributed by atoms with E-state index in [1.807, 2.05) is 0 Å². The maximum atomic E-state index is 12.2. The van der Waals surface area contributed by atoms with Crippen LogP contribution in [0.5, 0.6) is 11.5 Å². The number of ether oxygens (including phenoxy) is 2. The molecule has 144 valence electrons. The molecule has 1 aromatic rings. The molecule has 2 amide bonds. The van der Waals surface area contributed by atoms with Gasteiger partial charge in [-0.2, -0.15) is 0 Å². The number of rotatable bonds is 7. The van der Waals surface area contributed by atoms with Crippen molar-refractivity contribution in [2.24, 2.45) is 0 Å². The van der Waals surface area contributed by atoms with Crippen molar-refractivity contribution in [2.45, 2.75) is 25.9 Å². The Kier molecular flexibility index (Phi) is 6.47. The molecule has 1 atom stereocenters. The second kappa shape index (κ2) is 8.39. The van der Waals surface area contributed by atoms with Crippen molar-refractivity contribution in [3.8, 4) is 11.5 Å². The van der Waals surface area contributed by atoms with Crippen LogP contribution >= 0.6 is 0 Å². The van der Waals surface area contributed by atoms with E-state index in [4.69, 9.17) is 9.47 Å². The van der Waals surface area contributed by atoms with Gasteiger partial charge in [0.15, 0.2) is 21.3 Å². The molecule has 0 spiro atoms. The zero-order valence-electron chi connectivity index (χ0n) is 15.1. The third-order valence-corrected chi connectivity index (χ3v) is 6.06. The lowest BCUT2D eigenvalue weighted by atomic mass is 10.2. The van der Waals surface area contributed by atoms with E-state index >= 15 is 0 Å². The molecule has 1 N–H and O–H groups in total. The van der Waals surface area contributed by atoms with Crippen LogP contribution in [0.3, 0.4) is 0 Å². The number of methoxy groups -OCH3 is 2. The maximum Gasteiger partial charge on any atom is 0.239 e. The fourth-order valence-electron chi connectivity index (χ4n) is 2.92. The van der Waals surface area contributed by atoms with E-state index in [-0.39, 0.29) is 36.4 Å². The highest BCUT2D eigenvalue weighted by Gasteiger charge is 2.34. The topological polar surface area (TPSA) is 102 Å². The Hall–Kier alpha value is -2.29. The predicted octanol–water partition coefficient (Wildman–Crippen LogP) is 0.356. The van der Waals surface area contributed by atoms with E-state index in [9.17, 15) is 18.0 Å². The first-order valence-corrected chi connectivity index (χ1v) is 10.0. The Morgan fingerprint density at radius 2 is 1.92 bits per heavy atom. The van der Waals surface area contributed by atoms with Crippen molar-refractivity contribution in [3.63, 3.8) is 0 Å². The molecule has 0 saturated carbocycles. The molecule has 1 aliphatic rings. The maximum absolute atomic E-state index is 12.2. The minimum atomic E-state index is -3.13. The molecule has 9 heteroatoms. The number of sulfone groups is 1. The number of nitrogens with zero attached hydrogens (tertiary/aromatic N) is 1. The summed E-state index contributed by atoms with van der Waals surface area (Å²) >= 11 is 0. The lowest BCUT2D eigenvalue weighted by Crippen LogP contribution is -2.45. The van der Waals surface area contributed by atoms with Gasteiger partial charge in [0, 0.05) is 19.5 Å². The van der Waals surface area contributed by atoms with Crippen LogP contribution in [0.15, 0.2) is 18.2 Å². The summed E-state index contributed by atoms with van der Waals surface area (Å²) in [7, 11) is -0.0618. The monoisotopic (exact) mass is 384 g/mol. The first kappa shape index (κ1) is 20.0. The summed E-state index contributed by atoms with van der Waals surface area (Å²) in [4.78, 5) is 25.4. The van der Waals surface area contributed by atoms with Gasteiger partial charge >= 0.3 is 0 Å². The highest BCUT2D eigenvalue weighted by molar-refractivity contribution is 7.91. The van der Waals surface area contributed by atoms with Gasteiger partial charge in [-0.1, -0.05) is 6.07 Å². The molecule has 8 nitrogen and oxygen atoms in total. The zero-order valence-corrected chi connectivity index (χ0v) is 16.0. The first-order chi connectivity index (χ1) is 12.3. The smallest absolute Gasteiger partial charge is 0.239 e. The summed E-state index contributed by atoms with van der Waals surface area (Å²) in [5.74, 6) is 0.450. The van der Waals surface area contributed by atoms with Crippen LogP contribution < -0.4 is 14.8 Å². The summed E-state index contributed by atoms with van der Waals surface area (Å²) in [5, 5.41) is 2.74. The summed E-state index contributed by atoms with van der Waals surface area (Å²) in [5.41, 5.74) is 0.814. The fraction of sp³-hybridized carbons (Fsp3) is 0.529. The Labute approximate surface area is 153 Å². The number of nitrogens with one attached hydrogen (secondary N) is 1. The lowest BCUT2D eigenvalue weighted by molar-refractivity contribution is -0.136. The number of hydrogen-bond acceptors (Lipinski definition) is 6. The minimum absolute atomic E-state index is 0.0503. The number of carbonyl (C=O) groups is 2. The van der Waals surface area contributed by atoms with E-state index in [0.29, 0.717) is 17.9 Å². The fourth-order valence-corrected chi connectivity index (χ4v) is 4.65. The quantitative estimate of drug-likeness (QED) is 0.728. The molecule has 1 aliphatic heterocycles.